The Morgan fingerprint density at radius 3 is 1.10 bits per heavy atom. The second-order valence-electron chi connectivity index (χ2n) is 15.0. The zero-order valence-electron chi connectivity index (χ0n) is 33.1. The van der Waals surface area contributed by atoms with Crippen LogP contribution in [0.25, 0.3) is 106 Å². The Kier molecular flexibility index (Phi) is 9.10. The van der Waals surface area contributed by atoms with E-state index in [1.165, 1.54) is 5.39 Å². The van der Waals surface area contributed by atoms with E-state index in [2.05, 4.69) is 168 Å². The van der Waals surface area contributed by atoms with Gasteiger partial charge in [-0.2, -0.15) is 5.10 Å². The lowest BCUT2D eigenvalue weighted by Gasteiger charge is -2.18. The van der Waals surface area contributed by atoms with E-state index in [1.807, 2.05) is 60.7 Å². The second kappa shape index (κ2) is 15.5. The third kappa shape index (κ3) is 6.64. The molecule has 11 aromatic rings. The van der Waals surface area contributed by atoms with Gasteiger partial charge in [0.25, 0.3) is 0 Å². The van der Waals surface area contributed by atoms with Gasteiger partial charge in [-0.1, -0.05) is 224 Å². The van der Waals surface area contributed by atoms with Crippen LogP contribution in [0.1, 0.15) is 0 Å². The minimum atomic E-state index is 0.634. The Morgan fingerprint density at radius 2 is 0.607 bits per heavy atom. The van der Waals surface area contributed by atoms with Crippen LogP contribution in [0.5, 0.6) is 0 Å². The molecule has 61 heavy (non-hydrogen) atoms. The summed E-state index contributed by atoms with van der Waals surface area (Å²) in [6.45, 7) is 0. The molecule has 0 aliphatic heterocycles. The van der Waals surface area contributed by atoms with Crippen LogP contribution < -0.4 is 0 Å². The van der Waals surface area contributed by atoms with Crippen molar-refractivity contribution in [2.45, 2.75) is 0 Å². The Hall–Kier alpha value is -8.28. The van der Waals surface area contributed by atoms with Crippen molar-refractivity contribution in [3.63, 3.8) is 0 Å². The molecule has 0 fully saturated rings. The fourth-order valence-corrected chi connectivity index (χ4v) is 8.38. The first kappa shape index (κ1) is 35.8. The van der Waals surface area contributed by atoms with Crippen LogP contribution in [-0.4, -0.2) is 24.6 Å². The Labute approximate surface area is 354 Å². The summed E-state index contributed by atoms with van der Waals surface area (Å²) in [5.41, 5.74) is 14.8. The molecule has 11 rings (SSSR count). The molecule has 3 aromatic heterocycles. The van der Waals surface area contributed by atoms with Crippen molar-refractivity contribution in [3.8, 4) is 90.1 Å². The molecule has 0 spiro atoms. The van der Waals surface area contributed by atoms with Crippen LogP contribution in [0.3, 0.4) is 0 Å². The number of benzene rings is 8. The van der Waals surface area contributed by atoms with Crippen molar-refractivity contribution < 1.29 is 0 Å². The number of hydrogen-bond donors (Lipinski definition) is 0. The standard InChI is InChI=1S/C56H37N5/c1-6-18-40(19-7-1)50-51(42-20-8-2-9-21-42)60-61-52(43-22-10-3-11-23-43)49(47-28-16-17-29-48(47)53(50)61)41-34-30-38(31-35-41)39-32-36-46(37-33-39)56-58-54(44-24-12-4-13-25-44)57-55(59-56)45-26-14-5-15-27-45/h1-37H. The molecule has 0 atom stereocenters. The predicted molar refractivity (Wildman–Crippen MR) is 250 cm³/mol. The maximum atomic E-state index is 5.52. The molecule has 0 N–H and O–H groups in total. The van der Waals surface area contributed by atoms with Gasteiger partial charge in [0.1, 0.15) is 5.69 Å². The lowest BCUT2D eigenvalue weighted by Crippen LogP contribution is -2.00. The highest BCUT2D eigenvalue weighted by molar-refractivity contribution is 6.14. The number of nitrogens with zero attached hydrogens (tertiary/aromatic N) is 5. The van der Waals surface area contributed by atoms with E-state index in [4.69, 9.17) is 20.1 Å². The van der Waals surface area contributed by atoms with Gasteiger partial charge in [0.2, 0.25) is 0 Å². The van der Waals surface area contributed by atoms with Gasteiger partial charge in [-0.05, 0) is 27.6 Å². The molecule has 5 heteroatoms. The minimum absolute atomic E-state index is 0.634. The van der Waals surface area contributed by atoms with Crippen LogP contribution in [0, 0.1) is 0 Å². The number of pyridine rings is 1. The summed E-state index contributed by atoms with van der Waals surface area (Å²) in [5, 5.41) is 7.84. The Balaban J connectivity index is 1.04. The first-order valence-corrected chi connectivity index (χ1v) is 20.5. The molecule has 8 aromatic carbocycles. The zero-order chi connectivity index (χ0) is 40.5. The normalized spacial score (nSPS) is 11.3. The van der Waals surface area contributed by atoms with Crippen molar-refractivity contribution >= 4 is 16.3 Å². The summed E-state index contributed by atoms with van der Waals surface area (Å²) in [6, 6.07) is 78.2. The maximum absolute atomic E-state index is 5.52. The van der Waals surface area contributed by atoms with Gasteiger partial charge in [0.05, 0.1) is 11.2 Å². The summed E-state index contributed by atoms with van der Waals surface area (Å²) in [7, 11) is 0. The zero-order valence-corrected chi connectivity index (χ0v) is 33.1. The molecule has 0 saturated heterocycles. The molecule has 0 aliphatic carbocycles. The average molecular weight is 780 g/mol. The molecule has 5 nitrogen and oxygen atoms in total. The van der Waals surface area contributed by atoms with Gasteiger partial charge in [-0.3, -0.25) is 0 Å². The molecule has 286 valence electrons. The van der Waals surface area contributed by atoms with Crippen LogP contribution in [0.2, 0.25) is 0 Å². The Bertz CT molecular complexity index is 3240. The largest absolute Gasteiger partial charge is 0.231 e. The van der Waals surface area contributed by atoms with Gasteiger partial charge in [-0.15, -0.1) is 0 Å². The van der Waals surface area contributed by atoms with Gasteiger partial charge in [-0.25, -0.2) is 19.5 Å². The summed E-state index contributed by atoms with van der Waals surface area (Å²) < 4.78 is 2.19. The highest BCUT2D eigenvalue weighted by Crippen LogP contribution is 2.46. The van der Waals surface area contributed by atoms with Crippen LogP contribution in [-0.2, 0) is 0 Å². The van der Waals surface area contributed by atoms with E-state index < -0.39 is 0 Å². The topological polar surface area (TPSA) is 56.0 Å². The maximum Gasteiger partial charge on any atom is 0.164 e. The van der Waals surface area contributed by atoms with E-state index in [-0.39, 0.29) is 0 Å². The monoisotopic (exact) mass is 779 g/mol. The minimum Gasteiger partial charge on any atom is -0.231 e. The highest BCUT2D eigenvalue weighted by atomic mass is 15.2. The molecule has 0 saturated carbocycles. The van der Waals surface area contributed by atoms with Crippen molar-refractivity contribution in [1.82, 2.24) is 24.6 Å². The van der Waals surface area contributed by atoms with Crippen molar-refractivity contribution in [3.05, 3.63) is 224 Å². The first-order chi connectivity index (χ1) is 30.3. The lowest BCUT2D eigenvalue weighted by molar-refractivity contribution is 0.981. The van der Waals surface area contributed by atoms with Crippen molar-refractivity contribution in [1.29, 1.82) is 0 Å². The fourth-order valence-electron chi connectivity index (χ4n) is 8.38. The molecular formula is C56H37N5. The molecule has 0 aliphatic rings. The molecule has 0 unspecified atom stereocenters. The van der Waals surface area contributed by atoms with Crippen LogP contribution >= 0.6 is 0 Å². The van der Waals surface area contributed by atoms with E-state index in [9.17, 15) is 0 Å². The van der Waals surface area contributed by atoms with E-state index in [0.29, 0.717) is 17.5 Å². The van der Waals surface area contributed by atoms with Crippen molar-refractivity contribution in [2.24, 2.45) is 0 Å². The molecule has 3 heterocycles. The SMILES string of the molecule is c1ccc(-c2nc(-c3ccccc3)nc(-c3ccc(-c4ccc(-c5c(-c6ccccc6)n6nc(-c7ccccc7)c(-c7ccccc7)c6c6ccccc56)cc4)cc3)n2)cc1. The smallest absolute Gasteiger partial charge is 0.164 e. The third-order valence-corrected chi connectivity index (χ3v) is 11.3. The predicted octanol–water partition coefficient (Wildman–Crippen LogP) is 14.0. The van der Waals surface area contributed by atoms with Crippen LogP contribution in [0.4, 0.5) is 0 Å². The van der Waals surface area contributed by atoms with Gasteiger partial charge in [0, 0.05) is 44.3 Å². The highest BCUT2D eigenvalue weighted by Gasteiger charge is 2.25. The molecule has 0 radical (unpaired) electrons. The van der Waals surface area contributed by atoms with Crippen molar-refractivity contribution in [2.75, 3.05) is 0 Å². The van der Waals surface area contributed by atoms with Gasteiger partial charge in [0.15, 0.2) is 17.5 Å². The van der Waals surface area contributed by atoms with Crippen LogP contribution in [0.15, 0.2) is 224 Å². The summed E-state index contributed by atoms with van der Waals surface area (Å²) in [6.07, 6.45) is 0. The quantitative estimate of drug-likeness (QED) is 0.154. The second-order valence-corrected chi connectivity index (χ2v) is 15.0. The first-order valence-electron chi connectivity index (χ1n) is 20.5. The average Bonchev–Trinajstić information content (AvgIpc) is 3.76. The number of hydrogen-bond acceptors (Lipinski definition) is 4. The summed E-state index contributed by atoms with van der Waals surface area (Å²) in [5.74, 6) is 1.93. The van der Waals surface area contributed by atoms with Gasteiger partial charge >= 0.3 is 0 Å². The molecule has 0 bridgehead atoms. The number of aromatic nitrogens is 5. The van der Waals surface area contributed by atoms with E-state index in [0.717, 1.165) is 83.5 Å². The molecule has 0 amide bonds. The Morgan fingerprint density at radius 1 is 0.262 bits per heavy atom. The van der Waals surface area contributed by atoms with E-state index in [1.54, 1.807) is 0 Å². The molecular weight excluding hydrogens is 743 g/mol. The lowest BCUT2D eigenvalue weighted by atomic mass is 9.90. The summed E-state index contributed by atoms with van der Waals surface area (Å²) >= 11 is 0. The van der Waals surface area contributed by atoms with Gasteiger partial charge < -0.3 is 0 Å². The third-order valence-electron chi connectivity index (χ3n) is 11.3. The fraction of sp³-hybridized carbons (Fsp3) is 0. The number of fused-ring (bicyclic) bond motifs is 3. The van der Waals surface area contributed by atoms with E-state index >= 15 is 0 Å². The number of rotatable bonds is 8. The summed E-state index contributed by atoms with van der Waals surface area (Å²) in [4.78, 5) is 14.7.